The minimum absolute atomic E-state index is 0.0403. The number of nitrogens with one attached hydrogen (secondary N) is 1. The maximum atomic E-state index is 12.2. The largest absolute Gasteiger partial charge is 0.353 e. The highest BCUT2D eigenvalue weighted by molar-refractivity contribution is 5.78. The highest BCUT2D eigenvalue weighted by Crippen LogP contribution is 2.23. The van der Waals surface area contributed by atoms with Gasteiger partial charge in [0.1, 0.15) is 0 Å². The zero-order valence-electron chi connectivity index (χ0n) is 14.2. The van der Waals surface area contributed by atoms with Crippen molar-refractivity contribution in [1.82, 2.24) is 10.2 Å². The number of hydrogen-bond donors (Lipinski definition) is 2. The Hall–Kier alpha value is -0.610. The second-order valence-corrected chi connectivity index (χ2v) is 5.81. The normalized spacial score (nSPS) is 13.6. The van der Waals surface area contributed by atoms with Crippen molar-refractivity contribution < 1.29 is 4.79 Å². The van der Waals surface area contributed by atoms with E-state index in [1.165, 1.54) is 0 Å². The number of nitrogens with zero attached hydrogens (tertiary/aromatic N) is 1. The molecule has 1 unspecified atom stereocenters. The van der Waals surface area contributed by atoms with Crippen LogP contribution in [0.4, 0.5) is 0 Å². The molecule has 1 amide bonds. The van der Waals surface area contributed by atoms with E-state index in [0.717, 1.165) is 38.6 Å². The Bertz CT molecular complexity index is 256. The van der Waals surface area contributed by atoms with Crippen LogP contribution in [0.2, 0.25) is 0 Å². The van der Waals surface area contributed by atoms with Crippen molar-refractivity contribution >= 4 is 5.91 Å². The highest BCUT2D eigenvalue weighted by atomic mass is 16.2. The molecule has 3 N–H and O–H groups in total. The van der Waals surface area contributed by atoms with E-state index >= 15 is 0 Å². The van der Waals surface area contributed by atoms with Crippen molar-refractivity contribution in [2.45, 2.75) is 78.3 Å². The summed E-state index contributed by atoms with van der Waals surface area (Å²) < 4.78 is 0. The maximum absolute atomic E-state index is 12.2. The van der Waals surface area contributed by atoms with Crippen LogP contribution in [0.25, 0.3) is 0 Å². The van der Waals surface area contributed by atoms with Crippen LogP contribution in [-0.4, -0.2) is 42.0 Å². The van der Waals surface area contributed by atoms with Gasteiger partial charge in [0.25, 0.3) is 0 Å². The number of amides is 1. The fourth-order valence-corrected chi connectivity index (χ4v) is 2.87. The van der Waals surface area contributed by atoms with Crippen LogP contribution in [0.1, 0.15) is 66.7 Å². The Kier molecular flexibility index (Phi) is 9.86. The summed E-state index contributed by atoms with van der Waals surface area (Å²) in [4.78, 5) is 14.5. The third-order valence-corrected chi connectivity index (χ3v) is 4.32. The summed E-state index contributed by atoms with van der Waals surface area (Å²) in [5, 5.41) is 3.09. The minimum atomic E-state index is -0.0403. The molecule has 0 radical (unpaired) electrons. The van der Waals surface area contributed by atoms with Crippen molar-refractivity contribution in [2.24, 2.45) is 5.73 Å². The standard InChI is InChI=1S/C16H35N3O/c1-6-10-14(5)18-15(20)12-19(11-7-2)16(8-3,9-4)13-17/h14H,6-13,17H2,1-5H3,(H,18,20). The molecule has 0 aromatic rings. The Labute approximate surface area is 125 Å². The Balaban J connectivity index is 4.71. The van der Waals surface area contributed by atoms with Crippen molar-refractivity contribution in [1.29, 1.82) is 0 Å². The van der Waals surface area contributed by atoms with E-state index in [1.54, 1.807) is 0 Å². The molecule has 0 aromatic carbocycles. The summed E-state index contributed by atoms with van der Waals surface area (Å²) in [5.74, 6) is 0.124. The fraction of sp³-hybridized carbons (Fsp3) is 0.938. The zero-order chi connectivity index (χ0) is 15.6. The lowest BCUT2D eigenvalue weighted by molar-refractivity contribution is -0.124. The van der Waals surface area contributed by atoms with E-state index in [2.05, 4.69) is 44.8 Å². The highest BCUT2D eigenvalue weighted by Gasteiger charge is 2.32. The molecule has 0 aliphatic rings. The van der Waals surface area contributed by atoms with Gasteiger partial charge in [0.2, 0.25) is 5.91 Å². The summed E-state index contributed by atoms with van der Waals surface area (Å²) in [6.07, 6.45) is 5.13. The predicted molar refractivity (Wildman–Crippen MR) is 86.7 cm³/mol. The fourth-order valence-electron chi connectivity index (χ4n) is 2.87. The zero-order valence-corrected chi connectivity index (χ0v) is 14.2. The van der Waals surface area contributed by atoms with E-state index in [1.807, 2.05) is 0 Å². The number of nitrogens with two attached hydrogens (primary N) is 1. The summed E-state index contributed by atoms with van der Waals surface area (Å²) >= 11 is 0. The molecule has 4 nitrogen and oxygen atoms in total. The second kappa shape index (κ2) is 10.2. The molecule has 1 atom stereocenters. The van der Waals surface area contributed by atoms with Gasteiger partial charge in [-0.05, 0) is 39.2 Å². The third kappa shape index (κ3) is 5.80. The molecule has 0 bridgehead atoms. The monoisotopic (exact) mass is 285 g/mol. The van der Waals surface area contributed by atoms with Crippen LogP contribution in [0.3, 0.4) is 0 Å². The smallest absolute Gasteiger partial charge is 0.234 e. The molecule has 0 aliphatic heterocycles. The van der Waals surface area contributed by atoms with Crippen LogP contribution >= 0.6 is 0 Å². The molecule has 0 rings (SSSR count). The molecular weight excluding hydrogens is 250 g/mol. The first kappa shape index (κ1) is 19.4. The van der Waals surface area contributed by atoms with Gasteiger partial charge < -0.3 is 11.1 Å². The molecule has 120 valence electrons. The molecule has 0 spiro atoms. The van der Waals surface area contributed by atoms with Gasteiger partial charge in [-0.1, -0.05) is 34.1 Å². The number of carbonyl (C=O) groups is 1. The number of hydrogen-bond acceptors (Lipinski definition) is 3. The molecule has 0 saturated heterocycles. The topological polar surface area (TPSA) is 58.4 Å². The Morgan fingerprint density at radius 3 is 2.20 bits per heavy atom. The molecule has 0 aliphatic carbocycles. The Morgan fingerprint density at radius 1 is 1.20 bits per heavy atom. The molecule has 20 heavy (non-hydrogen) atoms. The Morgan fingerprint density at radius 2 is 1.80 bits per heavy atom. The van der Waals surface area contributed by atoms with Gasteiger partial charge in [-0.15, -0.1) is 0 Å². The van der Waals surface area contributed by atoms with Crippen molar-refractivity contribution in [2.75, 3.05) is 19.6 Å². The van der Waals surface area contributed by atoms with Gasteiger partial charge in [0.15, 0.2) is 0 Å². The van der Waals surface area contributed by atoms with Gasteiger partial charge in [-0.3, -0.25) is 9.69 Å². The van der Waals surface area contributed by atoms with E-state index in [9.17, 15) is 4.79 Å². The molecule has 0 saturated carbocycles. The van der Waals surface area contributed by atoms with E-state index < -0.39 is 0 Å². The molecule has 0 fully saturated rings. The number of carbonyl (C=O) groups excluding carboxylic acids is 1. The van der Waals surface area contributed by atoms with Crippen LogP contribution in [0, 0.1) is 0 Å². The lowest BCUT2D eigenvalue weighted by Gasteiger charge is -2.42. The summed E-state index contributed by atoms with van der Waals surface area (Å²) in [5.41, 5.74) is 5.97. The molecule has 0 aromatic heterocycles. The lowest BCUT2D eigenvalue weighted by Crippen LogP contribution is -2.56. The predicted octanol–water partition coefficient (Wildman–Crippen LogP) is 2.52. The quantitative estimate of drug-likeness (QED) is 0.613. The van der Waals surface area contributed by atoms with Crippen LogP contribution in [0.5, 0.6) is 0 Å². The van der Waals surface area contributed by atoms with Gasteiger partial charge in [-0.2, -0.15) is 0 Å². The van der Waals surface area contributed by atoms with Crippen molar-refractivity contribution in [3.8, 4) is 0 Å². The molecule has 4 heteroatoms. The molecule has 0 heterocycles. The number of rotatable bonds is 11. The van der Waals surface area contributed by atoms with Gasteiger partial charge in [0, 0.05) is 18.1 Å². The second-order valence-electron chi connectivity index (χ2n) is 5.81. The first-order valence-electron chi connectivity index (χ1n) is 8.24. The first-order chi connectivity index (χ1) is 9.49. The van der Waals surface area contributed by atoms with Crippen molar-refractivity contribution in [3.63, 3.8) is 0 Å². The van der Waals surface area contributed by atoms with Crippen molar-refractivity contribution in [3.05, 3.63) is 0 Å². The summed E-state index contributed by atoms with van der Waals surface area (Å²) in [7, 11) is 0. The van der Waals surface area contributed by atoms with Crippen LogP contribution in [-0.2, 0) is 4.79 Å². The summed E-state index contributed by atoms with van der Waals surface area (Å²) in [6, 6.07) is 0.256. The summed E-state index contributed by atoms with van der Waals surface area (Å²) in [6.45, 7) is 12.7. The van der Waals surface area contributed by atoms with Gasteiger partial charge in [0.05, 0.1) is 6.54 Å². The van der Waals surface area contributed by atoms with E-state index in [0.29, 0.717) is 13.1 Å². The lowest BCUT2D eigenvalue weighted by atomic mass is 9.90. The van der Waals surface area contributed by atoms with Crippen LogP contribution in [0.15, 0.2) is 0 Å². The van der Waals surface area contributed by atoms with E-state index in [4.69, 9.17) is 5.73 Å². The van der Waals surface area contributed by atoms with Crippen LogP contribution < -0.4 is 11.1 Å². The minimum Gasteiger partial charge on any atom is -0.353 e. The van der Waals surface area contributed by atoms with Gasteiger partial charge >= 0.3 is 0 Å². The SMILES string of the molecule is CCCC(C)NC(=O)CN(CCC)C(CC)(CC)CN. The average Bonchev–Trinajstić information content (AvgIpc) is 2.41. The third-order valence-electron chi connectivity index (χ3n) is 4.32. The van der Waals surface area contributed by atoms with Gasteiger partial charge in [-0.25, -0.2) is 0 Å². The maximum Gasteiger partial charge on any atom is 0.234 e. The average molecular weight is 285 g/mol. The van der Waals surface area contributed by atoms with E-state index in [-0.39, 0.29) is 17.5 Å². The molecular formula is C16H35N3O. The first-order valence-corrected chi connectivity index (χ1v) is 8.24.